The molecule has 0 bridgehead atoms. The number of aliphatic hydroxyl groups is 1. The summed E-state index contributed by atoms with van der Waals surface area (Å²) >= 11 is 0. The minimum absolute atomic E-state index is 0.0328. The molecule has 7 heteroatoms. The second kappa shape index (κ2) is 6.30. The highest BCUT2D eigenvalue weighted by atomic mass is 19.4. The average molecular weight is 294 g/mol. The minimum atomic E-state index is -4.22. The van der Waals surface area contributed by atoms with Crippen LogP contribution in [0, 0.1) is 5.92 Å². The van der Waals surface area contributed by atoms with Crippen molar-refractivity contribution in [3.8, 4) is 0 Å². The summed E-state index contributed by atoms with van der Waals surface area (Å²) in [5, 5.41) is 8.97. The van der Waals surface area contributed by atoms with Crippen molar-refractivity contribution in [2.45, 2.75) is 37.9 Å². The van der Waals surface area contributed by atoms with Crippen LogP contribution in [-0.2, 0) is 4.79 Å². The molecule has 0 spiro atoms. The Bertz CT molecular complexity index is 345. The lowest BCUT2D eigenvalue weighted by atomic mass is 9.97. The van der Waals surface area contributed by atoms with Gasteiger partial charge in [-0.05, 0) is 25.7 Å². The van der Waals surface area contributed by atoms with Crippen LogP contribution in [0.15, 0.2) is 0 Å². The lowest BCUT2D eigenvalue weighted by molar-refractivity contribution is -0.188. The van der Waals surface area contributed by atoms with Gasteiger partial charge in [0.1, 0.15) is 0 Å². The number of amides is 1. The Morgan fingerprint density at radius 3 is 2.55 bits per heavy atom. The van der Waals surface area contributed by atoms with E-state index in [-0.39, 0.29) is 32.0 Å². The highest BCUT2D eigenvalue weighted by Crippen LogP contribution is 2.33. The predicted octanol–water partition coefficient (Wildman–Crippen LogP) is 1.24. The van der Waals surface area contributed by atoms with Gasteiger partial charge in [0.25, 0.3) is 0 Å². The van der Waals surface area contributed by atoms with Gasteiger partial charge < -0.3 is 10.0 Å². The first kappa shape index (κ1) is 15.6. The summed E-state index contributed by atoms with van der Waals surface area (Å²) in [7, 11) is 0. The number of nitrogens with zero attached hydrogens (tertiary/aromatic N) is 2. The van der Waals surface area contributed by atoms with Crippen molar-refractivity contribution < 1.29 is 23.1 Å². The Balaban J connectivity index is 1.87. The Kier molecular flexibility index (Phi) is 4.90. The number of aliphatic hydroxyl groups excluding tert-OH is 1. The van der Waals surface area contributed by atoms with Gasteiger partial charge in [0, 0.05) is 25.7 Å². The molecule has 0 aromatic carbocycles. The first-order valence-corrected chi connectivity index (χ1v) is 7.11. The smallest absolute Gasteiger partial charge is 0.393 e. The van der Waals surface area contributed by atoms with Crippen LogP contribution in [0.1, 0.15) is 25.7 Å². The molecule has 20 heavy (non-hydrogen) atoms. The fraction of sp³-hybridized carbons (Fsp3) is 0.923. The Morgan fingerprint density at radius 1 is 1.30 bits per heavy atom. The summed E-state index contributed by atoms with van der Waals surface area (Å²) in [4.78, 5) is 15.3. The number of rotatable bonds is 5. The van der Waals surface area contributed by atoms with Crippen LogP contribution in [0.3, 0.4) is 0 Å². The van der Waals surface area contributed by atoms with Crippen LogP contribution in [0.2, 0.25) is 0 Å². The first-order chi connectivity index (χ1) is 9.41. The van der Waals surface area contributed by atoms with Crippen molar-refractivity contribution in [1.82, 2.24) is 9.80 Å². The fourth-order valence-corrected chi connectivity index (χ4v) is 2.70. The van der Waals surface area contributed by atoms with Crippen molar-refractivity contribution in [3.63, 3.8) is 0 Å². The van der Waals surface area contributed by atoms with E-state index in [1.165, 1.54) is 4.90 Å². The molecule has 1 unspecified atom stereocenters. The molecule has 1 aliphatic carbocycles. The Hall–Kier alpha value is -0.820. The van der Waals surface area contributed by atoms with Crippen LogP contribution >= 0.6 is 0 Å². The third-order valence-corrected chi connectivity index (χ3v) is 4.03. The van der Waals surface area contributed by atoms with Gasteiger partial charge in [-0.25, -0.2) is 0 Å². The van der Waals surface area contributed by atoms with E-state index >= 15 is 0 Å². The molecule has 1 N–H and O–H groups in total. The van der Waals surface area contributed by atoms with Crippen LogP contribution < -0.4 is 0 Å². The second-order valence-corrected chi connectivity index (χ2v) is 5.65. The molecule has 1 heterocycles. The molecule has 2 rings (SSSR count). The predicted molar refractivity (Wildman–Crippen MR) is 67.0 cm³/mol. The van der Waals surface area contributed by atoms with Crippen molar-refractivity contribution in [2.75, 3.05) is 32.8 Å². The van der Waals surface area contributed by atoms with Gasteiger partial charge in [-0.1, -0.05) is 0 Å². The van der Waals surface area contributed by atoms with E-state index in [9.17, 15) is 18.0 Å². The van der Waals surface area contributed by atoms with E-state index in [0.717, 1.165) is 12.8 Å². The molecule has 1 amide bonds. The van der Waals surface area contributed by atoms with Gasteiger partial charge in [-0.15, -0.1) is 0 Å². The van der Waals surface area contributed by atoms with Crippen molar-refractivity contribution >= 4 is 5.91 Å². The highest BCUT2D eigenvalue weighted by molar-refractivity contribution is 5.78. The number of hydrogen-bond donors (Lipinski definition) is 1. The van der Waals surface area contributed by atoms with Gasteiger partial charge >= 0.3 is 6.18 Å². The average Bonchev–Trinajstić information content (AvgIpc) is 3.21. The molecule has 2 fully saturated rings. The molecule has 0 aromatic heterocycles. The largest absolute Gasteiger partial charge is 0.395 e. The Labute approximate surface area is 116 Å². The lowest BCUT2D eigenvalue weighted by Gasteiger charge is -2.35. The third kappa shape index (κ3) is 4.09. The number of hydrogen-bond acceptors (Lipinski definition) is 3. The summed E-state index contributed by atoms with van der Waals surface area (Å²) in [6.07, 6.45) is -1.72. The van der Waals surface area contributed by atoms with Crippen molar-refractivity contribution in [1.29, 1.82) is 0 Å². The quantitative estimate of drug-likeness (QED) is 0.830. The van der Waals surface area contributed by atoms with E-state index < -0.39 is 12.1 Å². The summed E-state index contributed by atoms with van der Waals surface area (Å²) in [6, 6.07) is 0.314. The van der Waals surface area contributed by atoms with Gasteiger partial charge in [0.05, 0.1) is 19.1 Å². The normalized spacial score (nSPS) is 24.2. The lowest BCUT2D eigenvalue weighted by Crippen LogP contribution is -2.48. The monoisotopic (exact) mass is 294 g/mol. The van der Waals surface area contributed by atoms with Crippen LogP contribution in [0.25, 0.3) is 0 Å². The highest BCUT2D eigenvalue weighted by Gasteiger charge is 2.43. The van der Waals surface area contributed by atoms with Gasteiger partial charge in [0.15, 0.2) is 0 Å². The van der Waals surface area contributed by atoms with E-state index in [1.54, 1.807) is 0 Å². The number of likely N-dealkylation sites (tertiary alicyclic amines) is 1. The molecular weight excluding hydrogens is 273 g/mol. The zero-order chi connectivity index (χ0) is 14.8. The van der Waals surface area contributed by atoms with Crippen LogP contribution in [0.5, 0.6) is 0 Å². The topological polar surface area (TPSA) is 43.8 Å². The molecular formula is C13H21F3N2O2. The third-order valence-electron chi connectivity index (χ3n) is 4.03. The summed E-state index contributed by atoms with van der Waals surface area (Å²) < 4.78 is 38.2. The molecule has 4 nitrogen and oxygen atoms in total. The standard InChI is InChI=1S/C13H21F3N2O2/c14-13(15,16)10-2-1-5-18(8-10)12(20)9-17(6-7-19)11-3-4-11/h10-11,19H,1-9H2. The molecule has 0 radical (unpaired) electrons. The van der Waals surface area contributed by atoms with Crippen molar-refractivity contribution in [2.24, 2.45) is 5.92 Å². The van der Waals surface area contributed by atoms with E-state index in [4.69, 9.17) is 5.11 Å². The summed E-state index contributed by atoms with van der Waals surface area (Å²) in [5.74, 6) is -1.65. The number of alkyl halides is 3. The summed E-state index contributed by atoms with van der Waals surface area (Å²) in [5.41, 5.74) is 0. The van der Waals surface area contributed by atoms with Crippen molar-refractivity contribution in [3.05, 3.63) is 0 Å². The second-order valence-electron chi connectivity index (χ2n) is 5.65. The molecule has 1 saturated heterocycles. The van der Waals surface area contributed by atoms with Gasteiger partial charge in [0.2, 0.25) is 5.91 Å². The molecule has 1 atom stereocenters. The Morgan fingerprint density at radius 2 is 2.00 bits per heavy atom. The van der Waals surface area contributed by atoms with E-state index in [1.807, 2.05) is 4.90 Å². The zero-order valence-corrected chi connectivity index (χ0v) is 11.4. The van der Waals surface area contributed by atoms with Gasteiger partial charge in [-0.3, -0.25) is 9.69 Å². The first-order valence-electron chi connectivity index (χ1n) is 7.11. The van der Waals surface area contributed by atoms with E-state index in [0.29, 0.717) is 25.6 Å². The SMILES string of the molecule is O=C(CN(CCO)C1CC1)N1CCCC(C(F)(F)F)C1. The van der Waals surface area contributed by atoms with Crippen LogP contribution in [-0.4, -0.2) is 65.8 Å². The maximum Gasteiger partial charge on any atom is 0.393 e. The number of halogens is 3. The number of carbonyl (C=O) groups excluding carboxylic acids is 1. The maximum atomic E-state index is 12.7. The molecule has 1 saturated carbocycles. The molecule has 2 aliphatic rings. The van der Waals surface area contributed by atoms with Gasteiger partial charge in [-0.2, -0.15) is 13.2 Å². The molecule has 116 valence electrons. The van der Waals surface area contributed by atoms with E-state index in [2.05, 4.69) is 0 Å². The number of piperidine rings is 1. The maximum absolute atomic E-state index is 12.7. The van der Waals surface area contributed by atoms with Crippen LogP contribution in [0.4, 0.5) is 13.2 Å². The fourth-order valence-electron chi connectivity index (χ4n) is 2.70. The minimum Gasteiger partial charge on any atom is -0.395 e. The molecule has 0 aromatic rings. The summed E-state index contributed by atoms with van der Waals surface area (Å²) in [6.45, 7) is 0.681. The molecule has 1 aliphatic heterocycles. The zero-order valence-electron chi connectivity index (χ0n) is 11.4. The number of carbonyl (C=O) groups is 1.